The molecule has 1 aliphatic rings. The zero-order chi connectivity index (χ0) is 18.3. The number of rotatable bonds is 8. The third kappa shape index (κ3) is 4.68. The molecule has 0 aromatic heterocycles. The number of esters is 2. The van der Waals surface area contributed by atoms with Gasteiger partial charge in [-0.1, -0.05) is 24.3 Å². The van der Waals surface area contributed by atoms with E-state index in [4.69, 9.17) is 9.47 Å². The molecule has 1 aromatic rings. The Labute approximate surface area is 148 Å². The van der Waals surface area contributed by atoms with E-state index in [2.05, 4.69) is 0 Å². The summed E-state index contributed by atoms with van der Waals surface area (Å²) in [5.41, 5.74) is 1.05. The maximum absolute atomic E-state index is 13.2. The van der Waals surface area contributed by atoms with Crippen LogP contribution in [-0.2, 0) is 25.5 Å². The summed E-state index contributed by atoms with van der Waals surface area (Å²) in [4.78, 5) is 36.8. The van der Waals surface area contributed by atoms with Crippen LogP contribution in [0.2, 0.25) is 0 Å². The average molecular weight is 346 g/mol. The molecule has 5 heteroatoms. The van der Waals surface area contributed by atoms with Gasteiger partial charge in [0.05, 0.1) is 13.2 Å². The second-order valence-corrected chi connectivity index (χ2v) is 6.38. The molecule has 1 aromatic carbocycles. The summed E-state index contributed by atoms with van der Waals surface area (Å²) in [7, 11) is 0. The van der Waals surface area contributed by atoms with E-state index in [0.29, 0.717) is 38.0 Å². The van der Waals surface area contributed by atoms with Gasteiger partial charge in [-0.2, -0.15) is 0 Å². The third-order valence-corrected chi connectivity index (χ3v) is 4.84. The average Bonchev–Trinajstić information content (AvgIpc) is 2.61. The first kappa shape index (κ1) is 19.2. The number of hydrogen-bond acceptors (Lipinski definition) is 5. The van der Waals surface area contributed by atoms with Gasteiger partial charge < -0.3 is 9.47 Å². The van der Waals surface area contributed by atoms with Crippen molar-refractivity contribution < 1.29 is 23.9 Å². The van der Waals surface area contributed by atoms with E-state index in [1.54, 1.807) is 13.8 Å². The third-order valence-electron chi connectivity index (χ3n) is 4.84. The van der Waals surface area contributed by atoms with Crippen molar-refractivity contribution >= 4 is 17.7 Å². The smallest absolute Gasteiger partial charge is 0.305 e. The molecule has 0 aliphatic heterocycles. The Morgan fingerprint density at radius 1 is 1.00 bits per heavy atom. The lowest BCUT2D eigenvalue weighted by Gasteiger charge is -2.36. The number of fused-ring (bicyclic) bond motifs is 1. The molecule has 0 heterocycles. The summed E-state index contributed by atoms with van der Waals surface area (Å²) in [6, 6.07) is 7.58. The fourth-order valence-corrected chi connectivity index (χ4v) is 3.48. The zero-order valence-corrected chi connectivity index (χ0v) is 15.0. The van der Waals surface area contributed by atoms with Gasteiger partial charge in [0.25, 0.3) is 0 Å². The Balaban J connectivity index is 2.19. The second kappa shape index (κ2) is 8.79. The van der Waals surface area contributed by atoms with Crippen LogP contribution in [0.25, 0.3) is 0 Å². The van der Waals surface area contributed by atoms with Crippen molar-refractivity contribution in [3.05, 3.63) is 35.4 Å². The fraction of sp³-hybridized carbons (Fsp3) is 0.550. The molecule has 0 amide bonds. The summed E-state index contributed by atoms with van der Waals surface area (Å²) >= 11 is 0. The van der Waals surface area contributed by atoms with Crippen LogP contribution in [0.4, 0.5) is 0 Å². The monoisotopic (exact) mass is 346 g/mol. The van der Waals surface area contributed by atoms with Crippen molar-refractivity contribution in [3.63, 3.8) is 0 Å². The van der Waals surface area contributed by atoms with E-state index >= 15 is 0 Å². The van der Waals surface area contributed by atoms with Crippen molar-refractivity contribution in [3.8, 4) is 0 Å². The largest absolute Gasteiger partial charge is 0.466 e. The van der Waals surface area contributed by atoms with Crippen LogP contribution in [0.5, 0.6) is 0 Å². The molecule has 0 radical (unpaired) electrons. The number of hydrogen-bond donors (Lipinski definition) is 0. The van der Waals surface area contributed by atoms with Crippen molar-refractivity contribution in [2.24, 2.45) is 5.41 Å². The van der Waals surface area contributed by atoms with E-state index in [0.717, 1.165) is 12.0 Å². The molecule has 136 valence electrons. The molecule has 0 N–H and O–H groups in total. The summed E-state index contributed by atoms with van der Waals surface area (Å²) < 4.78 is 10.0. The molecule has 0 saturated heterocycles. The fourth-order valence-electron chi connectivity index (χ4n) is 3.48. The minimum atomic E-state index is -0.701. The molecule has 1 aliphatic carbocycles. The van der Waals surface area contributed by atoms with Gasteiger partial charge in [0.2, 0.25) is 0 Å². The SMILES string of the molecule is CCOC(=O)CCC1(CCC(=O)OCC)CCc2ccccc2C1=O. The molecule has 0 saturated carbocycles. The van der Waals surface area contributed by atoms with E-state index in [9.17, 15) is 14.4 Å². The topological polar surface area (TPSA) is 69.7 Å². The van der Waals surface area contributed by atoms with E-state index in [-0.39, 0.29) is 30.6 Å². The number of ketones is 1. The summed E-state index contributed by atoms with van der Waals surface area (Å²) in [5.74, 6) is -0.572. The maximum atomic E-state index is 13.2. The van der Waals surface area contributed by atoms with Crippen LogP contribution in [0.3, 0.4) is 0 Å². The minimum absolute atomic E-state index is 0.0305. The van der Waals surface area contributed by atoms with Crippen LogP contribution >= 0.6 is 0 Å². The van der Waals surface area contributed by atoms with Gasteiger partial charge in [-0.25, -0.2) is 0 Å². The lowest BCUT2D eigenvalue weighted by Crippen LogP contribution is -2.37. The zero-order valence-electron chi connectivity index (χ0n) is 15.0. The molecular formula is C20H26O5. The summed E-state index contributed by atoms with van der Waals surface area (Å²) in [5, 5.41) is 0. The Hall–Kier alpha value is -2.17. The predicted molar refractivity (Wildman–Crippen MR) is 93.3 cm³/mol. The van der Waals surface area contributed by atoms with E-state index in [1.807, 2.05) is 24.3 Å². The molecule has 0 spiro atoms. The van der Waals surface area contributed by atoms with Gasteiger partial charge in [0.15, 0.2) is 5.78 Å². The number of aryl methyl sites for hydroxylation is 1. The van der Waals surface area contributed by atoms with Gasteiger partial charge in [-0.05, 0) is 45.1 Å². The molecule has 0 unspecified atom stereocenters. The van der Waals surface area contributed by atoms with Crippen LogP contribution in [0.1, 0.15) is 61.9 Å². The van der Waals surface area contributed by atoms with Crippen LogP contribution in [0.15, 0.2) is 24.3 Å². The first-order valence-corrected chi connectivity index (χ1v) is 8.96. The highest BCUT2D eigenvalue weighted by molar-refractivity contribution is 6.03. The van der Waals surface area contributed by atoms with Gasteiger partial charge in [0, 0.05) is 23.8 Å². The Morgan fingerprint density at radius 3 is 2.12 bits per heavy atom. The number of carbonyl (C=O) groups excluding carboxylic acids is 3. The van der Waals surface area contributed by atoms with Crippen molar-refractivity contribution in [1.29, 1.82) is 0 Å². The number of Topliss-reactive ketones (excluding diaryl/α,β-unsaturated/α-hetero) is 1. The standard InChI is InChI=1S/C20H26O5/c1-3-24-17(21)10-13-20(14-11-18(22)25-4-2)12-9-15-7-5-6-8-16(15)19(20)23/h5-8H,3-4,9-14H2,1-2H3. The van der Waals surface area contributed by atoms with Crippen molar-refractivity contribution in [2.45, 2.75) is 52.4 Å². The van der Waals surface area contributed by atoms with Gasteiger partial charge in [-0.15, -0.1) is 0 Å². The molecule has 0 bridgehead atoms. The highest BCUT2D eigenvalue weighted by atomic mass is 16.5. The van der Waals surface area contributed by atoms with Gasteiger partial charge >= 0.3 is 11.9 Å². The second-order valence-electron chi connectivity index (χ2n) is 6.38. The van der Waals surface area contributed by atoms with Crippen LogP contribution in [0, 0.1) is 5.41 Å². The van der Waals surface area contributed by atoms with Gasteiger partial charge in [0.1, 0.15) is 0 Å². The molecule has 2 rings (SSSR count). The van der Waals surface area contributed by atoms with Crippen molar-refractivity contribution in [1.82, 2.24) is 0 Å². The first-order chi connectivity index (χ1) is 12.0. The number of benzene rings is 1. The number of ether oxygens (including phenoxy) is 2. The predicted octanol–water partition coefficient (Wildman–Crippen LogP) is 3.49. The normalized spacial score (nSPS) is 15.4. The highest BCUT2D eigenvalue weighted by Crippen LogP contribution is 2.43. The Kier molecular flexibility index (Phi) is 6.73. The van der Waals surface area contributed by atoms with Crippen LogP contribution in [-0.4, -0.2) is 30.9 Å². The maximum Gasteiger partial charge on any atom is 0.305 e. The highest BCUT2D eigenvalue weighted by Gasteiger charge is 2.42. The van der Waals surface area contributed by atoms with E-state index < -0.39 is 5.41 Å². The molecule has 0 atom stereocenters. The molecule has 25 heavy (non-hydrogen) atoms. The molecular weight excluding hydrogens is 320 g/mol. The van der Waals surface area contributed by atoms with Crippen molar-refractivity contribution in [2.75, 3.05) is 13.2 Å². The number of carbonyl (C=O) groups is 3. The quantitative estimate of drug-likeness (QED) is 0.674. The van der Waals surface area contributed by atoms with E-state index in [1.165, 1.54) is 0 Å². The lowest BCUT2D eigenvalue weighted by molar-refractivity contribution is -0.143. The summed E-state index contributed by atoms with van der Waals surface area (Å²) in [6.07, 6.45) is 2.58. The van der Waals surface area contributed by atoms with Gasteiger partial charge in [-0.3, -0.25) is 14.4 Å². The molecule has 0 fully saturated rings. The Morgan fingerprint density at radius 2 is 1.56 bits per heavy atom. The molecule has 5 nitrogen and oxygen atoms in total. The summed E-state index contributed by atoms with van der Waals surface area (Å²) in [6.45, 7) is 4.17. The minimum Gasteiger partial charge on any atom is -0.466 e. The lowest BCUT2D eigenvalue weighted by atomic mass is 9.65. The first-order valence-electron chi connectivity index (χ1n) is 8.96. The Bertz CT molecular complexity index is 613. The van der Waals surface area contributed by atoms with Crippen LogP contribution < -0.4 is 0 Å².